The van der Waals surface area contributed by atoms with E-state index in [-0.39, 0.29) is 11.6 Å². The standard InChI is InChI=1S/C20H19N3O4/c1-3-27-18-13-17(24)19(22-23(18)15-7-5-4-6-8-15)20(25)21-14-9-11-16(26-2)12-10-14/h4-13H,3H2,1-2H3,(H,21,25). The second kappa shape index (κ2) is 8.18. The molecule has 0 aliphatic carbocycles. The summed E-state index contributed by atoms with van der Waals surface area (Å²) in [5.41, 5.74) is 0.469. The molecular weight excluding hydrogens is 346 g/mol. The normalized spacial score (nSPS) is 10.3. The Balaban J connectivity index is 1.96. The van der Waals surface area contributed by atoms with Gasteiger partial charge in [-0.3, -0.25) is 9.59 Å². The predicted octanol–water partition coefficient (Wildman–Crippen LogP) is 2.89. The van der Waals surface area contributed by atoms with Crippen molar-refractivity contribution in [3.05, 3.63) is 76.6 Å². The van der Waals surface area contributed by atoms with Crippen molar-refractivity contribution in [2.75, 3.05) is 19.0 Å². The molecule has 0 bridgehead atoms. The van der Waals surface area contributed by atoms with E-state index in [2.05, 4.69) is 10.4 Å². The SMILES string of the molecule is CCOc1cc(=O)c(C(=O)Nc2ccc(OC)cc2)nn1-c1ccccc1. The van der Waals surface area contributed by atoms with E-state index in [1.165, 1.54) is 10.7 Å². The smallest absolute Gasteiger partial charge is 0.280 e. The van der Waals surface area contributed by atoms with Gasteiger partial charge in [0.05, 0.1) is 25.5 Å². The van der Waals surface area contributed by atoms with E-state index in [0.29, 0.717) is 23.7 Å². The van der Waals surface area contributed by atoms with Crippen LogP contribution in [0.4, 0.5) is 5.69 Å². The van der Waals surface area contributed by atoms with Crippen molar-refractivity contribution in [2.45, 2.75) is 6.92 Å². The van der Waals surface area contributed by atoms with Gasteiger partial charge in [-0.2, -0.15) is 5.10 Å². The Bertz CT molecular complexity index is 982. The third-order valence-corrected chi connectivity index (χ3v) is 3.75. The summed E-state index contributed by atoms with van der Waals surface area (Å²) in [6.07, 6.45) is 0. The number of hydrogen-bond donors (Lipinski definition) is 1. The molecule has 3 aromatic rings. The Labute approximate surface area is 156 Å². The first kappa shape index (κ1) is 18.2. The van der Waals surface area contributed by atoms with Crippen LogP contribution in [-0.4, -0.2) is 29.4 Å². The number of nitrogens with one attached hydrogen (secondary N) is 1. The van der Waals surface area contributed by atoms with Gasteiger partial charge in [0.25, 0.3) is 5.91 Å². The molecule has 0 fully saturated rings. The van der Waals surface area contributed by atoms with E-state index in [1.54, 1.807) is 31.4 Å². The lowest BCUT2D eigenvalue weighted by molar-refractivity contribution is 0.101. The van der Waals surface area contributed by atoms with E-state index in [4.69, 9.17) is 9.47 Å². The molecule has 1 N–H and O–H groups in total. The zero-order chi connectivity index (χ0) is 19.2. The van der Waals surface area contributed by atoms with Gasteiger partial charge in [0, 0.05) is 5.69 Å². The van der Waals surface area contributed by atoms with E-state index >= 15 is 0 Å². The number of amides is 1. The molecule has 1 aromatic heterocycles. The summed E-state index contributed by atoms with van der Waals surface area (Å²) in [6.45, 7) is 2.18. The summed E-state index contributed by atoms with van der Waals surface area (Å²) in [4.78, 5) is 25.0. The maximum absolute atomic E-state index is 12.6. The maximum Gasteiger partial charge on any atom is 0.280 e. The first-order valence-electron chi connectivity index (χ1n) is 8.40. The van der Waals surface area contributed by atoms with Crippen LogP contribution >= 0.6 is 0 Å². The molecule has 7 nitrogen and oxygen atoms in total. The molecule has 1 heterocycles. The first-order chi connectivity index (χ1) is 13.1. The van der Waals surface area contributed by atoms with Gasteiger partial charge in [-0.15, -0.1) is 0 Å². The summed E-state index contributed by atoms with van der Waals surface area (Å²) in [7, 11) is 1.56. The second-order valence-electron chi connectivity index (χ2n) is 5.56. The number of ether oxygens (including phenoxy) is 2. The Morgan fingerprint density at radius 2 is 1.81 bits per heavy atom. The van der Waals surface area contributed by atoms with Crippen LogP contribution in [0, 0.1) is 0 Å². The lowest BCUT2D eigenvalue weighted by Gasteiger charge is -2.13. The molecule has 0 aliphatic rings. The van der Waals surface area contributed by atoms with Gasteiger partial charge in [0.2, 0.25) is 11.3 Å². The highest BCUT2D eigenvalue weighted by molar-refractivity contribution is 6.02. The van der Waals surface area contributed by atoms with Crippen LogP contribution in [0.3, 0.4) is 0 Å². The molecule has 0 saturated carbocycles. The highest BCUT2D eigenvalue weighted by Gasteiger charge is 2.17. The average molecular weight is 365 g/mol. The zero-order valence-corrected chi connectivity index (χ0v) is 15.0. The Morgan fingerprint density at radius 3 is 2.44 bits per heavy atom. The van der Waals surface area contributed by atoms with E-state index in [0.717, 1.165) is 0 Å². The van der Waals surface area contributed by atoms with Crippen molar-refractivity contribution >= 4 is 11.6 Å². The Hall–Kier alpha value is -3.61. The van der Waals surface area contributed by atoms with Gasteiger partial charge in [-0.1, -0.05) is 18.2 Å². The lowest BCUT2D eigenvalue weighted by atomic mass is 10.2. The summed E-state index contributed by atoms with van der Waals surface area (Å²) >= 11 is 0. The number of anilines is 1. The van der Waals surface area contributed by atoms with Crippen LogP contribution in [-0.2, 0) is 0 Å². The molecule has 0 spiro atoms. The zero-order valence-electron chi connectivity index (χ0n) is 15.0. The van der Waals surface area contributed by atoms with Crippen molar-refractivity contribution in [3.63, 3.8) is 0 Å². The van der Waals surface area contributed by atoms with Crippen LogP contribution in [0.5, 0.6) is 11.6 Å². The molecule has 2 aromatic carbocycles. The van der Waals surface area contributed by atoms with Crippen LogP contribution in [0.15, 0.2) is 65.5 Å². The summed E-state index contributed by atoms with van der Waals surface area (Å²) in [5, 5.41) is 6.90. The number of nitrogens with zero attached hydrogens (tertiary/aromatic N) is 2. The number of carbonyl (C=O) groups excluding carboxylic acids is 1. The average Bonchev–Trinajstić information content (AvgIpc) is 2.69. The molecule has 27 heavy (non-hydrogen) atoms. The van der Waals surface area contributed by atoms with Crippen LogP contribution in [0.1, 0.15) is 17.4 Å². The van der Waals surface area contributed by atoms with Crippen LogP contribution in [0.2, 0.25) is 0 Å². The molecule has 7 heteroatoms. The molecular formula is C20H19N3O4. The van der Waals surface area contributed by atoms with Gasteiger partial charge in [-0.05, 0) is 43.3 Å². The van der Waals surface area contributed by atoms with Crippen molar-refractivity contribution in [1.29, 1.82) is 0 Å². The molecule has 0 saturated heterocycles. The fourth-order valence-corrected chi connectivity index (χ4v) is 2.47. The second-order valence-corrected chi connectivity index (χ2v) is 5.56. The van der Waals surface area contributed by atoms with E-state index in [9.17, 15) is 9.59 Å². The quantitative estimate of drug-likeness (QED) is 0.726. The minimum atomic E-state index is -0.599. The largest absolute Gasteiger partial charge is 0.497 e. The Morgan fingerprint density at radius 1 is 1.11 bits per heavy atom. The molecule has 0 radical (unpaired) electrons. The van der Waals surface area contributed by atoms with Crippen molar-refractivity contribution < 1.29 is 14.3 Å². The molecule has 1 amide bonds. The fraction of sp³-hybridized carbons (Fsp3) is 0.150. The van der Waals surface area contributed by atoms with Crippen LogP contribution in [0.25, 0.3) is 5.69 Å². The van der Waals surface area contributed by atoms with Crippen molar-refractivity contribution in [3.8, 4) is 17.3 Å². The number of rotatable bonds is 6. The highest BCUT2D eigenvalue weighted by Crippen LogP contribution is 2.17. The maximum atomic E-state index is 12.6. The van der Waals surface area contributed by atoms with Gasteiger partial charge in [0.15, 0.2) is 5.69 Å². The Kier molecular flexibility index (Phi) is 5.51. The third kappa shape index (κ3) is 4.14. The summed E-state index contributed by atoms with van der Waals surface area (Å²) < 4.78 is 12.0. The topological polar surface area (TPSA) is 82.5 Å². The minimum Gasteiger partial charge on any atom is -0.497 e. The first-order valence-corrected chi connectivity index (χ1v) is 8.40. The fourth-order valence-electron chi connectivity index (χ4n) is 2.47. The van der Waals surface area contributed by atoms with Crippen molar-refractivity contribution in [2.24, 2.45) is 0 Å². The monoisotopic (exact) mass is 365 g/mol. The van der Waals surface area contributed by atoms with Crippen LogP contribution < -0.4 is 20.2 Å². The number of para-hydroxylation sites is 1. The lowest BCUT2D eigenvalue weighted by Crippen LogP contribution is -2.26. The minimum absolute atomic E-state index is 0.224. The van der Waals surface area contributed by atoms with E-state index in [1.807, 2.05) is 37.3 Å². The van der Waals surface area contributed by atoms with Gasteiger partial charge < -0.3 is 14.8 Å². The van der Waals surface area contributed by atoms with Gasteiger partial charge in [0.1, 0.15) is 5.75 Å². The van der Waals surface area contributed by atoms with E-state index < -0.39 is 11.3 Å². The predicted molar refractivity (Wildman–Crippen MR) is 102 cm³/mol. The van der Waals surface area contributed by atoms with Crippen molar-refractivity contribution in [1.82, 2.24) is 9.78 Å². The number of carbonyl (C=O) groups is 1. The molecule has 138 valence electrons. The number of aromatic nitrogens is 2. The number of hydrogen-bond acceptors (Lipinski definition) is 5. The molecule has 0 aliphatic heterocycles. The molecule has 3 rings (SSSR count). The molecule has 0 unspecified atom stereocenters. The third-order valence-electron chi connectivity index (χ3n) is 3.75. The van der Waals surface area contributed by atoms with Gasteiger partial charge in [-0.25, -0.2) is 4.68 Å². The number of benzene rings is 2. The summed E-state index contributed by atoms with van der Waals surface area (Å²) in [6, 6.07) is 17.2. The number of methoxy groups -OCH3 is 1. The van der Waals surface area contributed by atoms with Gasteiger partial charge >= 0.3 is 0 Å². The molecule has 0 atom stereocenters. The highest BCUT2D eigenvalue weighted by atomic mass is 16.5. The summed E-state index contributed by atoms with van der Waals surface area (Å²) in [5.74, 6) is 0.339.